The second-order valence-electron chi connectivity index (χ2n) is 4.91. The second kappa shape index (κ2) is 6.11. The van der Waals surface area contributed by atoms with Crippen molar-refractivity contribution in [1.29, 1.82) is 0 Å². The number of amides is 1. The first-order chi connectivity index (χ1) is 9.76. The fraction of sp³-hybridized carbons (Fsp3) is 0.429. The summed E-state index contributed by atoms with van der Waals surface area (Å²) in [6.07, 6.45) is 0.911. The van der Waals surface area contributed by atoms with E-state index < -0.39 is 0 Å². The van der Waals surface area contributed by atoms with E-state index in [2.05, 4.69) is 4.98 Å². The number of para-hydroxylation sites is 1. The Labute approximate surface area is 125 Å². The summed E-state index contributed by atoms with van der Waals surface area (Å²) in [4.78, 5) is 18.5. The van der Waals surface area contributed by atoms with Crippen molar-refractivity contribution >= 4 is 39.2 Å². The van der Waals surface area contributed by atoms with E-state index in [4.69, 9.17) is 5.11 Å². The number of likely N-dealkylation sites (tertiary alicyclic amines) is 1. The molecule has 106 valence electrons. The molecule has 1 fully saturated rings. The molecule has 1 aliphatic heterocycles. The van der Waals surface area contributed by atoms with Gasteiger partial charge in [-0.3, -0.25) is 4.79 Å². The molecule has 1 aliphatic rings. The molecule has 1 N–H and O–H groups in total. The first-order valence-electron chi connectivity index (χ1n) is 6.63. The fourth-order valence-electron chi connectivity index (χ4n) is 2.34. The highest BCUT2D eigenvalue weighted by molar-refractivity contribution is 8.01. The SMILES string of the molecule is O=C(CSc1nc2ccccc2s1)N1CCC(CO)C1. The number of aliphatic hydroxyl groups is 1. The number of fused-ring (bicyclic) bond motifs is 1. The Balaban J connectivity index is 1.57. The predicted molar refractivity (Wildman–Crippen MR) is 82.1 cm³/mol. The van der Waals surface area contributed by atoms with Crippen molar-refractivity contribution < 1.29 is 9.90 Å². The molecule has 0 spiro atoms. The van der Waals surface area contributed by atoms with Crippen LogP contribution in [0.1, 0.15) is 6.42 Å². The molecule has 4 nitrogen and oxygen atoms in total. The summed E-state index contributed by atoms with van der Waals surface area (Å²) in [6.45, 7) is 1.63. The molecule has 20 heavy (non-hydrogen) atoms. The smallest absolute Gasteiger partial charge is 0.233 e. The highest BCUT2D eigenvalue weighted by Crippen LogP contribution is 2.29. The van der Waals surface area contributed by atoms with Gasteiger partial charge in [0.1, 0.15) is 0 Å². The summed E-state index contributed by atoms with van der Waals surface area (Å²) in [5, 5.41) is 9.10. The van der Waals surface area contributed by atoms with Crippen LogP contribution in [0.15, 0.2) is 28.6 Å². The van der Waals surface area contributed by atoms with Crippen LogP contribution >= 0.6 is 23.1 Å². The molecule has 2 aromatic rings. The third-order valence-electron chi connectivity index (χ3n) is 3.49. The minimum atomic E-state index is 0.144. The van der Waals surface area contributed by atoms with Gasteiger partial charge in [-0.25, -0.2) is 4.98 Å². The van der Waals surface area contributed by atoms with Crippen LogP contribution in [0, 0.1) is 5.92 Å². The fourth-order valence-corrected chi connectivity index (χ4v) is 4.31. The largest absolute Gasteiger partial charge is 0.396 e. The Morgan fingerprint density at radius 3 is 3.10 bits per heavy atom. The van der Waals surface area contributed by atoms with E-state index in [1.165, 1.54) is 11.8 Å². The summed E-state index contributed by atoms with van der Waals surface area (Å²) >= 11 is 3.13. The summed E-state index contributed by atoms with van der Waals surface area (Å²) < 4.78 is 2.10. The number of benzene rings is 1. The van der Waals surface area contributed by atoms with Crippen molar-refractivity contribution in [3.05, 3.63) is 24.3 Å². The first-order valence-corrected chi connectivity index (χ1v) is 8.43. The van der Waals surface area contributed by atoms with Crippen LogP contribution in [0.3, 0.4) is 0 Å². The van der Waals surface area contributed by atoms with Gasteiger partial charge >= 0.3 is 0 Å². The molecular weight excluding hydrogens is 292 g/mol. The number of carbonyl (C=O) groups excluding carboxylic acids is 1. The molecule has 1 saturated heterocycles. The Morgan fingerprint density at radius 1 is 1.50 bits per heavy atom. The van der Waals surface area contributed by atoms with Crippen LogP contribution in [0.4, 0.5) is 0 Å². The molecule has 3 rings (SSSR count). The monoisotopic (exact) mass is 308 g/mol. The molecule has 0 bridgehead atoms. The number of thiazole rings is 1. The Hall–Kier alpha value is -1.11. The number of aromatic nitrogens is 1. The molecule has 1 aromatic heterocycles. The van der Waals surface area contributed by atoms with Gasteiger partial charge < -0.3 is 10.0 Å². The van der Waals surface area contributed by atoms with Crippen molar-refractivity contribution in [1.82, 2.24) is 9.88 Å². The van der Waals surface area contributed by atoms with Crippen molar-refractivity contribution in [3.63, 3.8) is 0 Å². The van der Waals surface area contributed by atoms with E-state index >= 15 is 0 Å². The third-order valence-corrected chi connectivity index (χ3v) is 5.65. The van der Waals surface area contributed by atoms with E-state index in [1.54, 1.807) is 11.3 Å². The van der Waals surface area contributed by atoms with Gasteiger partial charge in [-0.05, 0) is 18.6 Å². The minimum Gasteiger partial charge on any atom is -0.396 e. The molecule has 0 aliphatic carbocycles. The molecule has 2 heterocycles. The molecule has 1 aromatic carbocycles. The number of nitrogens with zero attached hydrogens (tertiary/aromatic N) is 2. The number of rotatable bonds is 4. The lowest BCUT2D eigenvalue weighted by atomic mass is 10.1. The Kier molecular flexibility index (Phi) is 4.24. The van der Waals surface area contributed by atoms with Crippen LogP contribution in [0.25, 0.3) is 10.2 Å². The van der Waals surface area contributed by atoms with Gasteiger partial charge in [-0.15, -0.1) is 11.3 Å². The average Bonchev–Trinajstić information content (AvgIpc) is 3.10. The van der Waals surface area contributed by atoms with Crippen LogP contribution in [0.2, 0.25) is 0 Å². The first kappa shape index (κ1) is 13.9. The van der Waals surface area contributed by atoms with Crippen molar-refractivity contribution in [2.75, 3.05) is 25.4 Å². The van der Waals surface area contributed by atoms with E-state index in [9.17, 15) is 4.79 Å². The average molecular weight is 308 g/mol. The predicted octanol–water partition coefficient (Wildman–Crippen LogP) is 2.23. The van der Waals surface area contributed by atoms with Crippen LogP contribution in [-0.2, 0) is 4.79 Å². The topological polar surface area (TPSA) is 53.4 Å². The lowest BCUT2D eigenvalue weighted by molar-refractivity contribution is -0.127. The molecule has 6 heteroatoms. The van der Waals surface area contributed by atoms with Crippen LogP contribution < -0.4 is 0 Å². The van der Waals surface area contributed by atoms with Gasteiger partial charge in [0.05, 0.1) is 16.0 Å². The second-order valence-corrected chi connectivity index (χ2v) is 7.17. The molecule has 1 amide bonds. The maximum absolute atomic E-state index is 12.1. The zero-order valence-corrected chi connectivity index (χ0v) is 12.6. The van der Waals surface area contributed by atoms with Gasteiger partial charge in [-0.2, -0.15) is 0 Å². The highest BCUT2D eigenvalue weighted by Gasteiger charge is 2.25. The summed E-state index contributed by atoms with van der Waals surface area (Å²) in [5.41, 5.74) is 0.994. The summed E-state index contributed by atoms with van der Waals surface area (Å²) in [7, 11) is 0. The van der Waals surface area contributed by atoms with E-state index in [1.807, 2.05) is 29.2 Å². The van der Waals surface area contributed by atoms with Gasteiger partial charge in [0.25, 0.3) is 0 Å². The zero-order chi connectivity index (χ0) is 13.9. The quantitative estimate of drug-likeness (QED) is 0.880. The maximum Gasteiger partial charge on any atom is 0.233 e. The van der Waals surface area contributed by atoms with E-state index in [0.717, 1.165) is 27.5 Å². The number of carbonyl (C=O) groups is 1. The van der Waals surface area contributed by atoms with Gasteiger partial charge in [0.15, 0.2) is 4.34 Å². The minimum absolute atomic E-state index is 0.144. The van der Waals surface area contributed by atoms with Gasteiger partial charge in [-0.1, -0.05) is 23.9 Å². The molecular formula is C14H16N2O2S2. The van der Waals surface area contributed by atoms with Crippen LogP contribution in [-0.4, -0.2) is 46.3 Å². The summed E-state index contributed by atoms with van der Waals surface area (Å²) in [6, 6.07) is 8.01. The molecule has 0 radical (unpaired) electrons. The van der Waals surface area contributed by atoms with E-state index in [0.29, 0.717) is 12.3 Å². The lowest BCUT2D eigenvalue weighted by Crippen LogP contribution is -2.30. The Bertz CT molecular complexity index is 581. The molecule has 1 unspecified atom stereocenters. The lowest BCUT2D eigenvalue weighted by Gasteiger charge is -2.15. The van der Waals surface area contributed by atoms with Crippen molar-refractivity contribution in [2.24, 2.45) is 5.92 Å². The van der Waals surface area contributed by atoms with E-state index in [-0.39, 0.29) is 18.4 Å². The standard InChI is InChI=1S/C14H16N2O2S2/c17-8-10-5-6-16(7-10)13(18)9-19-14-15-11-3-1-2-4-12(11)20-14/h1-4,10,17H,5-9H2. The number of hydrogen-bond donors (Lipinski definition) is 1. The third kappa shape index (κ3) is 2.97. The van der Waals surface area contributed by atoms with Crippen LogP contribution in [0.5, 0.6) is 0 Å². The van der Waals surface area contributed by atoms with Crippen molar-refractivity contribution in [3.8, 4) is 0 Å². The van der Waals surface area contributed by atoms with Gasteiger partial charge in [0.2, 0.25) is 5.91 Å². The Morgan fingerprint density at radius 2 is 2.35 bits per heavy atom. The summed E-state index contributed by atoms with van der Waals surface area (Å²) in [5.74, 6) is 0.828. The highest BCUT2D eigenvalue weighted by atomic mass is 32.2. The molecule has 1 atom stereocenters. The number of thioether (sulfide) groups is 1. The van der Waals surface area contributed by atoms with Crippen molar-refractivity contribution in [2.45, 2.75) is 10.8 Å². The normalized spacial score (nSPS) is 18.9. The molecule has 0 saturated carbocycles. The number of hydrogen-bond acceptors (Lipinski definition) is 5. The number of aliphatic hydroxyl groups excluding tert-OH is 1. The van der Waals surface area contributed by atoms with Gasteiger partial charge in [0, 0.05) is 25.6 Å². The zero-order valence-electron chi connectivity index (χ0n) is 11.0. The maximum atomic E-state index is 12.1.